The lowest BCUT2D eigenvalue weighted by atomic mass is 9.94. The van der Waals surface area contributed by atoms with E-state index in [1.165, 1.54) is 19.3 Å². The van der Waals surface area contributed by atoms with E-state index >= 15 is 0 Å². The van der Waals surface area contributed by atoms with Crippen LogP contribution >= 0.6 is 0 Å². The summed E-state index contributed by atoms with van der Waals surface area (Å²) in [5.41, 5.74) is 7.86. The summed E-state index contributed by atoms with van der Waals surface area (Å²) in [5, 5.41) is 4.37. The molecule has 0 spiro atoms. The highest BCUT2D eigenvalue weighted by molar-refractivity contribution is 5.66. The smallest absolute Gasteiger partial charge is 0.150 e. The molecule has 2 heterocycles. The second-order valence-corrected chi connectivity index (χ2v) is 4.78. The summed E-state index contributed by atoms with van der Waals surface area (Å²) >= 11 is 0. The molecule has 0 amide bonds. The molecule has 2 rings (SSSR count). The van der Waals surface area contributed by atoms with Crippen molar-refractivity contribution in [2.75, 3.05) is 23.7 Å². The molecule has 0 aliphatic carbocycles. The fourth-order valence-corrected chi connectivity index (χ4v) is 2.59. The van der Waals surface area contributed by atoms with Gasteiger partial charge in [-0.3, -0.25) is 4.68 Å². The zero-order valence-electron chi connectivity index (χ0n) is 10.5. The molecular weight excluding hydrogens is 200 g/mol. The number of nitrogen functional groups attached to an aromatic ring is 1. The van der Waals surface area contributed by atoms with Crippen LogP contribution in [0.4, 0.5) is 11.5 Å². The molecule has 4 heteroatoms. The minimum Gasteiger partial charge on any atom is -0.394 e. The molecule has 16 heavy (non-hydrogen) atoms. The maximum Gasteiger partial charge on any atom is 0.150 e. The molecule has 0 atom stereocenters. The Morgan fingerprint density at radius 2 is 2.00 bits per heavy atom. The number of anilines is 2. The van der Waals surface area contributed by atoms with Gasteiger partial charge < -0.3 is 10.6 Å². The molecule has 1 fully saturated rings. The highest BCUT2D eigenvalue weighted by Gasteiger charge is 2.22. The van der Waals surface area contributed by atoms with E-state index in [2.05, 4.69) is 16.9 Å². The molecule has 1 aromatic rings. The van der Waals surface area contributed by atoms with Crippen molar-refractivity contribution in [3.05, 3.63) is 5.69 Å². The average molecular weight is 222 g/mol. The fraction of sp³-hybridized carbons (Fsp3) is 0.750. The molecule has 0 aromatic carbocycles. The summed E-state index contributed by atoms with van der Waals surface area (Å²) in [4.78, 5) is 2.38. The van der Waals surface area contributed by atoms with Crippen molar-refractivity contribution in [1.82, 2.24) is 9.78 Å². The zero-order chi connectivity index (χ0) is 11.7. The standard InChI is InChI=1S/C12H22N4/c1-4-10-5-7-16(8-6-10)12-11(13)9(2)14-15(12)3/h10H,4-8,13H2,1-3H3. The molecule has 1 saturated heterocycles. The quantitative estimate of drug-likeness (QED) is 0.832. The van der Waals surface area contributed by atoms with Crippen LogP contribution in [0.1, 0.15) is 31.9 Å². The molecule has 1 aromatic heterocycles. The van der Waals surface area contributed by atoms with Gasteiger partial charge in [0.2, 0.25) is 0 Å². The Bertz CT molecular complexity index is 361. The first kappa shape index (κ1) is 11.3. The van der Waals surface area contributed by atoms with Gasteiger partial charge in [-0.05, 0) is 25.7 Å². The number of aromatic nitrogens is 2. The Morgan fingerprint density at radius 3 is 2.44 bits per heavy atom. The van der Waals surface area contributed by atoms with Crippen molar-refractivity contribution in [3.63, 3.8) is 0 Å². The molecule has 0 saturated carbocycles. The number of nitrogens with zero attached hydrogens (tertiary/aromatic N) is 3. The van der Waals surface area contributed by atoms with E-state index in [1.807, 2.05) is 18.7 Å². The molecule has 90 valence electrons. The van der Waals surface area contributed by atoms with E-state index in [9.17, 15) is 0 Å². The first-order chi connectivity index (χ1) is 7.63. The Kier molecular flexibility index (Phi) is 3.08. The topological polar surface area (TPSA) is 47.1 Å². The van der Waals surface area contributed by atoms with Gasteiger partial charge in [0.15, 0.2) is 0 Å². The third kappa shape index (κ3) is 1.88. The second-order valence-electron chi connectivity index (χ2n) is 4.78. The second kappa shape index (κ2) is 4.36. The van der Waals surface area contributed by atoms with Crippen molar-refractivity contribution in [2.24, 2.45) is 13.0 Å². The van der Waals surface area contributed by atoms with Crippen LogP contribution in [-0.4, -0.2) is 22.9 Å². The summed E-state index contributed by atoms with van der Waals surface area (Å²) in [6.07, 6.45) is 3.86. The van der Waals surface area contributed by atoms with Gasteiger partial charge in [0.25, 0.3) is 0 Å². The van der Waals surface area contributed by atoms with Crippen LogP contribution in [0.5, 0.6) is 0 Å². The third-order valence-corrected chi connectivity index (χ3v) is 3.73. The Balaban J connectivity index is 2.14. The summed E-state index contributed by atoms with van der Waals surface area (Å²) in [6, 6.07) is 0. The highest BCUT2D eigenvalue weighted by atomic mass is 15.4. The molecule has 2 N–H and O–H groups in total. The molecule has 0 unspecified atom stereocenters. The third-order valence-electron chi connectivity index (χ3n) is 3.73. The van der Waals surface area contributed by atoms with Crippen molar-refractivity contribution in [2.45, 2.75) is 33.1 Å². The largest absolute Gasteiger partial charge is 0.394 e. The number of rotatable bonds is 2. The number of hydrogen-bond donors (Lipinski definition) is 1. The number of hydrogen-bond acceptors (Lipinski definition) is 3. The summed E-state index contributed by atoms with van der Waals surface area (Å²) in [6.45, 7) is 6.48. The molecule has 1 aliphatic heterocycles. The van der Waals surface area contributed by atoms with Gasteiger partial charge in [-0.25, -0.2) is 0 Å². The van der Waals surface area contributed by atoms with Gasteiger partial charge in [0, 0.05) is 20.1 Å². The Hall–Kier alpha value is -1.19. The fourth-order valence-electron chi connectivity index (χ4n) is 2.59. The maximum absolute atomic E-state index is 6.08. The van der Waals surface area contributed by atoms with E-state index in [-0.39, 0.29) is 0 Å². The zero-order valence-corrected chi connectivity index (χ0v) is 10.5. The summed E-state index contributed by atoms with van der Waals surface area (Å²) < 4.78 is 1.91. The Morgan fingerprint density at radius 1 is 1.38 bits per heavy atom. The predicted octanol–water partition coefficient (Wildman–Crippen LogP) is 1.94. The van der Waals surface area contributed by atoms with Gasteiger partial charge in [0.1, 0.15) is 5.82 Å². The lowest BCUT2D eigenvalue weighted by Gasteiger charge is -2.33. The lowest BCUT2D eigenvalue weighted by Crippen LogP contribution is -2.35. The molecule has 1 aliphatic rings. The summed E-state index contributed by atoms with van der Waals surface area (Å²) in [7, 11) is 1.98. The van der Waals surface area contributed by atoms with E-state index < -0.39 is 0 Å². The van der Waals surface area contributed by atoms with Crippen molar-refractivity contribution in [1.29, 1.82) is 0 Å². The van der Waals surface area contributed by atoms with E-state index in [4.69, 9.17) is 5.73 Å². The monoisotopic (exact) mass is 222 g/mol. The molecule has 0 bridgehead atoms. The lowest BCUT2D eigenvalue weighted by molar-refractivity contribution is 0.391. The van der Waals surface area contributed by atoms with Crippen molar-refractivity contribution >= 4 is 11.5 Å². The summed E-state index contributed by atoms with van der Waals surface area (Å²) in [5.74, 6) is 2.00. The van der Waals surface area contributed by atoms with Crippen LogP contribution in [0.15, 0.2) is 0 Å². The number of nitrogens with two attached hydrogens (primary N) is 1. The molecule has 0 radical (unpaired) electrons. The Labute approximate surface area is 97.4 Å². The number of piperidine rings is 1. The van der Waals surface area contributed by atoms with Gasteiger partial charge in [0.05, 0.1) is 11.4 Å². The van der Waals surface area contributed by atoms with E-state index in [0.29, 0.717) is 0 Å². The molecule has 4 nitrogen and oxygen atoms in total. The highest BCUT2D eigenvalue weighted by Crippen LogP contribution is 2.30. The number of aryl methyl sites for hydroxylation is 2. The van der Waals surface area contributed by atoms with Crippen LogP contribution < -0.4 is 10.6 Å². The van der Waals surface area contributed by atoms with Gasteiger partial charge in [-0.15, -0.1) is 0 Å². The maximum atomic E-state index is 6.08. The SMILES string of the molecule is CCC1CCN(c2c(N)c(C)nn2C)CC1. The van der Waals surface area contributed by atoms with Crippen LogP contribution in [-0.2, 0) is 7.05 Å². The van der Waals surface area contributed by atoms with Crippen LogP contribution in [0, 0.1) is 12.8 Å². The minimum atomic E-state index is 0.845. The minimum absolute atomic E-state index is 0.845. The first-order valence-electron chi connectivity index (χ1n) is 6.17. The van der Waals surface area contributed by atoms with Crippen molar-refractivity contribution in [3.8, 4) is 0 Å². The van der Waals surface area contributed by atoms with Crippen LogP contribution in [0.2, 0.25) is 0 Å². The molecular formula is C12H22N4. The van der Waals surface area contributed by atoms with E-state index in [0.717, 1.165) is 36.2 Å². The predicted molar refractivity (Wildman–Crippen MR) is 67.6 cm³/mol. The van der Waals surface area contributed by atoms with Gasteiger partial charge in [-0.2, -0.15) is 5.10 Å². The van der Waals surface area contributed by atoms with E-state index in [1.54, 1.807) is 0 Å². The van der Waals surface area contributed by atoms with Crippen molar-refractivity contribution < 1.29 is 0 Å². The van der Waals surface area contributed by atoms with Gasteiger partial charge in [-0.1, -0.05) is 13.3 Å². The first-order valence-corrected chi connectivity index (χ1v) is 6.17. The average Bonchev–Trinajstić information content (AvgIpc) is 2.54. The van der Waals surface area contributed by atoms with Gasteiger partial charge >= 0.3 is 0 Å². The normalized spacial score (nSPS) is 18.1. The van der Waals surface area contributed by atoms with Crippen LogP contribution in [0.25, 0.3) is 0 Å². The van der Waals surface area contributed by atoms with Crippen LogP contribution in [0.3, 0.4) is 0 Å².